The summed E-state index contributed by atoms with van der Waals surface area (Å²) in [5, 5.41) is 0. The van der Waals surface area contributed by atoms with E-state index in [9.17, 15) is 4.79 Å². The number of esters is 1. The van der Waals surface area contributed by atoms with Crippen molar-refractivity contribution in [2.24, 2.45) is 0 Å². The van der Waals surface area contributed by atoms with E-state index in [4.69, 9.17) is 4.74 Å². The molecule has 3 heteroatoms. The topological polar surface area (TPSA) is 26.3 Å². The van der Waals surface area contributed by atoms with Gasteiger partial charge in [-0.15, -0.1) is 0 Å². The Balaban J connectivity index is 0. The summed E-state index contributed by atoms with van der Waals surface area (Å²) in [7, 11) is 0. The normalized spacial score (nSPS) is 10.3. The molecule has 0 aromatic heterocycles. The van der Waals surface area contributed by atoms with E-state index in [0.717, 1.165) is 6.42 Å². The average molecular weight is 336 g/mol. The van der Waals surface area contributed by atoms with Gasteiger partial charge >= 0.3 is 5.97 Å². The summed E-state index contributed by atoms with van der Waals surface area (Å²) in [6.45, 7) is 4.36. The zero-order valence-electron chi connectivity index (χ0n) is 16.3. The standard InChI is InChI=1S/C20H40O2.Na/c1-3-4-5-6-7-8-9-10-11-12-13-14-15-16-17-18-19-22-20(2)21;/h3-19H2,1-2H3;. The van der Waals surface area contributed by atoms with Crippen LogP contribution in [0.15, 0.2) is 0 Å². The molecule has 0 fully saturated rings. The van der Waals surface area contributed by atoms with Crippen LogP contribution in [0.5, 0.6) is 0 Å². The Morgan fingerprint density at radius 3 is 1.22 bits per heavy atom. The Bertz CT molecular complexity index is 232. The van der Waals surface area contributed by atoms with Crippen LogP contribution in [0, 0.1) is 0 Å². The Hall–Kier alpha value is 0.470. The maximum atomic E-state index is 10.6. The Kier molecular flexibility index (Phi) is 25.1. The number of carbonyl (C=O) groups is 1. The van der Waals surface area contributed by atoms with Gasteiger partial charge in [0.05, 0.1) is 6.61 Å². The summed E-state index contributed by atoms with van der Waals surface area (Å²) in [5.41, 5.74) is 0. The van der Waals surface area contributed by atoms with Crippen molar-refractivity contribution in [1.29, 1.82) is 0 Å². The molecule has 0 aliphatic carbocycles. The van der Waals surface area contributed by atoms with Crippen LogP contribution in [-0.4, -0.2) is 42.1 Å². The summed E-state index contributed by atoms with van der Waals surface area (Å²) >= 11 is 0. The Labute approximate surface area is 167 Å². The molecular formula is C20H40NaO2. The van der Waals surface area contributed by atoms with Crippen LogP contribution in [0.3, 0.4) is 0 Å². The fourth-order valence-corrected chi connectivity index (χ4v) is 2.87. The van der Waals surface area contributed by atoms with Crippen LogP contribution in [0.1, 0.15) is 117 Å². The monoisotopic (exact) mass is 335 g/mol. The predicted octanol–water partition coefficient (Wildman–Crippen LogP) is 6.43. The van der Waals surface area contributed by atoms with Gasteiger partial charge in [-0.2, -0.15) is 0 Å². The van der Waals surface area contributed by atoms with Gasteiger partial charge in [-0.3, -0.25) is 4.79 Å². The predicted molar refractivity (Wildman–Crippen MR) is 102 cm³/mol. The summed E-state index contributed by atoms with van der Waals surface area (Å²) in [6.07, 6.45) is 22.0. The Morgan fingerprint density at radius 2 is 0.913 bits per heavy atom. The summed E-state index contributed by atoms with van der Waals surface area (Å²) in [6, 6.07) is 0. The first-order valence-electron chi connectivity index (χ1n) is 9.90. The fourth-order valence-electron chi connectivity index (χ4n) is 2.87. The first-order chi connectivity index (χ1) is 10.8. The van der Waals surface area contributed by atoms with Gasteiger partial charge in [-0.25, -0.2) is 0 Å². The van der Waals surface area contributed by atoms with Gasteiger partial charge in [0.25, 0.3) is 0 Å². The second-order valence-corrected chi connectivity index (χ2v) is 6.64. The van der Waals surface area contributed by atoms with E-state index in [1.54, 1.807) is 0 Å². The van der Waals surface area contributed by atoms with Crippen molar-refractivity contribution in [1.82, 2.24) is 0 Å². The molecule has 0 bridgehead atoms. The van der Waals surface area contributed by atoms with Crippen LogP contribution in [-0.2, 0) is 9.53 Å². The molecule has 2 nitrogen and oxygen atoms in total. The molecule has 0 atom stereocenters. The third kappa shape index (κ3) is 24.8. The molecule has 0 amide bonds. The largest absolute Gasteiger partial charge is 0.466 e. The molecule has 133 valence electrons. The van der Waals surface area contributed by atoms with Gasteiger partial charge in [0, 0.05) is 36.5 Å². The molecule has 0 N–H and O–H groups in total. The minimum Gasteiger partial charge on any atom is -0.466 e. The third-order valence-corrected chi connectivity index (χ3v) is 4.30. The molecule has 0 heterocycles. The molecule has 0 aliphatic rings. The van der Waals surface area contributed by atoms with E-state index in [2.05, 4.69) is 6.92 Å². The van der Waals surface area contributed by atoms with Gasteiger partial charge < -0.3 is 4.74 Å². The molecular weight excluding hydrogens is 295 g/mol. The molecule has 0 unspecified atom stereocenters. The van der Waals surface area contributed by atoms with Crippen molar-refractivity contribution in [3.05, 3.63) is 0 Å². The number of unbranched alkanes of at least 4 members (excludes halogenated alkanes) is 15. The molecule has 0 aromatic carbocycles. The fraction of sp³-hybridized carbons (Fsp3) is 0.950. The first kappa shape index (κ1) is 25.7. The maximum Gasteiger partial charge on any atom is 0.302 e. The van der Waals surface area contributed by atoms with Crippen molar-refractivity contribution in [3.63, 3.8) is 0 Å². The minimum absolute atomic E-state index is 0. The Morgan fingerprint density at radius 1 is 0.609 bits per heavy atom. The first-order valence-corrected chi connectivity index (χ1v) is 9.90. The van der Waals surface area contributed by atoms with E-state index in [0.29, 0.717) is 6.61 Å². The van der Waals surface area contributed by atoms with Crippen molar-refractivity contribution in [2.45, 2.75) is 117 Å². The molecule has 0 aliphatic heterocycles. The van der Waals surface area contributed by atoms with Crippen molar-refractivity contribution in [3.8, 4) is 0 Å². The molecule has 0 rings (SSSR count). The molecule has 1 radical (unpaired) electrons. The zero-order chi connectivity index (χ0) is 16.3. The van der Waals surface area contributed by atoms with E-state index in [-0.39, 0.29) is 35.5 Å². The molecule has 0 aromatic rings. The zero-order valence-corrected chi connectivity index (χ0v) is 18.3. The van der Waals surface area contributed by atoms with E-state index in [1.165, 1.54) is 103 Å². The van der Waals surface area contributed by atoms with Gasteiger partial charge in [0.1, 0.15) is 0 Å². The second kappa shape index (κ2) is 22.5. The number of rotatable bonds is 17. The van der Waals surface area contributed by atoms with Gasteiger partial charge in [0.2, 0.25) is 0 Å². The van der Waals surface area contributed by atoms with E-state index >= 15 is 0 Å². The van der Waals surface area contributed by atoms with Crippen molar-refractivity contribution < 1.29 is 9.53 Å². The van der Waals surface area contributed by atoms with Crippen molar-refractivity contribution >= 4 is 35.5 Å². The molecule has 23 heavy (non-hydrogen) atoms. The van der Waals surface area contributed by atoms with E-state index < -0.39 is 0 Å². The van der Waals surface area contributed by atoms with Gasteiger partial charge in [-0.05, 0) is 6.42 Å². The number of carbonyl (C=O) groups excluding carboxylic acids is 1. The second-order valence-electron chi connectivity index (χ2n) is 6.64. The van der Waals surface area contributed by atoms with Crippen LogP contribution in [0.2, 0.25) is 0 Å². The number of hydrogen-bond donors (Lipinski definition) is 0. The summed E-state index contributed by atoms with van der Waals surface area (Å²) in [5.74, 6) is -0.152. The van der Waals surface area contributed by atoms with Crippen LogP contribution in [0.4, 0.5) is 0 Å². The summed E-state index contributed by atoms with van der Waals surface area (Å²) in [4.78, 5) is 10.6. The van der Waals surface area contributed by atoms with E-state index in [1.807, 2.05) is 0 Å². The molecule has 0 spiro atoms. The minimum atomic E-state index is -0.152. The molecule has 0 saturated carbocycles. The summed E-state index contributed by atoms with van der Waals surface area (Å²) < 4.78 is 4.92. The van der Waals surface area contributed by atoms with Crippen LogP contribution >= 0.6 is 0 Å². The number of ether oxygens (including phenoxy) is 1. The molecule has 0 saturated heterocycles. The van der Waals surface area contributed by atoms with Crippen LogP contribution in [0.25, 0.3) is 0 Å². The third-order valence-electron chi connectivity index (χ3n) is 4.30. The van der Waals surface area contributed by atoms with Gasteiger partial charge in [0.15, 0.2) is 0 Å². The van der Waals surface area contributed by atoms with Gasteiger partial charge in [-0.1, -0.05) is 103 Å². The van der Waals surface area contributed by atoms with Crippen molar-refractivity contribution in [2.75, 3.05) is 6.61 Å². The van der Waals surface area contributed by atoms with Crippen LogP contribution < -0.4 is 0 Å². The maximum absolute atomic E-state index is 10.6. The number of hydrogen-bond acceptors (Lipinski definition) is 2. The SMILES string of the molecule is CCCCCCCCCCCCCCCCCCOC(C)=O.[Na]. The quantitative estimate of drug-likeness (QED) is 0.174. The smallest absolute Gasteiger partial charge is 0.302 e. The average Bonchev–Trinajstić information content (AvgIpc) is 2.50.